The molecule has 0 unspecified atom stereocenters. The largest absolute Gasteiger partial charge is 0.261 e. The Labute approximate surface area is 139 Å². The highest BCUT2D eigenvalue weighted by molar-refractivity contribution is 5.55. The van der Waals surface area contributed by atoms with Crippen LogP contribution in [0.2, 0.25) is 0 Å². The van der Waals surface area contributed by atoms with Gasteiger partial charge in [-0.05, 0) is 12.5 Å². The molecule has 0 fully saturated rings. The Kier molecular flexibility index (Phi) is 3.64. The van der Waals surface area contributed by atoms with E-state index < -0.39 is 0 Å². The van der Waals surface area contributed by atoms with E-state index in [2.05, 4.69) is 51.1 Å². The molecule has 24 heavy (non-hydrogen) atoms. The van der Waals surface area contributed by atoms with Gasteiger partial charge in [0.05, 0.1) is 12.7 Å². The molecule has 0 aliphatic carbocycles. The molecule has 0 saturated heterocycles. The fraction of sp³-hybridized carbons (Fsp3) is 0.176. The highest BCUT2D eigenvalue weighted by atomic mass is 15.8. The Morgan fingerprint density at radius 3 is 2.67 bits per heavy atom. The summed E-state index contributed by atoms with van der Waals surface area (Å²) in [4.78, 5) is 17.2. The van der Waals surface area contributed by atoms with E-state index in [-0.39, 0.29) is 0 Å². The number of nitrogens with two attached hydrogens (primary N) is 1. The third-order valence-corrected chi connectivity index (χ3v) is 3.99. The highest BCUT2D eigenvalue weighted by Crippen LogP contribution is 2.29. The van der Waals surface area contributed by atoms with Gasteiger partial charge in [0.1, 0.15) is 5.69 Å². The lowest BCUT2D eigenvalue weighted by Gasteiger charge is -2.24. The van der Waals surface area contributed by atoms with E-state index in [9.17, 15) is 0 Å². The number of anilines is 1. The monoisotopic (exact) mass is 319 g/mol. The Morgan fingerprint density at radius 2 is 1.92 bits per heavy atom. The minimum atomic E-state index is 0.523. The van der Waals surface area contributed by atoms with Gasteiger partial charge in [0.25, 0.3) is 0 Å². The summed E-state index contributed by atoms with van der Waals surface area (Å²) in [5.74, 6) is 7.48. The van der Waals surface area contributed by atoms with Crippen molar-refractivity contribution in [2.75, 3.05) is 5.12 Å². The minimum Gasteiger partial charge on any atom is -0.261 e. The summed E-state index contributed by atoms with van der Waals surface area (Å²) in [7, 11) is 0. The molecule has 1 aliphatic rings. The fourth-order valence-corrected chi connectivity index (χ4v) is 2.69. The van der Waals surface area contributed by atoms with Crippen molar-refractivity contribution in [1.29, 1.82) is 0 Å². The number of fused-ring (bicyclic) bond motifs is 1. The lowest BCUT2D eigenvalue weighted by molar-refractivity contribution is 0.255. The lowest BCUT2D eigenvalue weighted by Crippen LogP contribution is -2.42. The van der Waals surface area contributed by atoms with Gasteiger partial charge in [-0.1, -0.05) is 29.8 Å². The number of aromatic nitrogens is 4. The van der Waals surface area contributed by atoms with E-state index in [1.165, 1.54) is 11.1 Å². The molecule has 0 atom stereocenters. The van der Waals surface area contributed by atoms with Gasteiger partial charge in [0.15, 0.2) is 11.6 Å². The molecule has 0 radical (unpaired) electrons. The van der Waals surface area contributed by atoms with Gasteiger partial charge in [0.2, 0.25) is 0 Å². The summed E-state index contributed by atoms with van der Waals surface area (Å²) in [5.41, 5.74) is 4.07. The van der Waals surface area contributed by atoms with Gasteiger partial charge >= 0.3 is 0 Å². The van der Waals surface area contributed by atoms with E-state index in [0.717, 1.165) is 5.56 Å². The molecule has 4 rings (SSSR count). The van der Waals surface area contributed by atoms with Crippen molar-refractivity contribution in [3.8, 4) is 11.5 Å². The van der Waals surface area contributed by atoms with E-state index in [1.807, 2.05) is 5.01 Å². The number of hydrogen-bond donors (Lipinski definition) is 1. The Bertz CT molecular complexity index is 849. The van der Waals surface area contributed by atoms with Crippen molar-refractivity contribution in [3.05, 3.63) is 65.7 Å². The quantitative estimate of drug-likeness (QED) is 0.737. The van der Waals surface area contributed by atoms with Crippen LogP contribution in [0.5, 0.6) is 0 Å². The molecule has 0 saturated carbocycles. The molecule has 0 spiro atoms. The second-order valence-electron chi connectivity index (χ2n) is 5.79. The summed E-state index contributed by atoms with van der Waals surface area (Å²) in [6.07, 6.45) is 6.69. The molecular weight excluding hydrogens is 302 g/mol. The van der Waals surface area contributed by atoms with Crippen molar-refractivity contribution in [2.24, 2.45) is 5.84 Å². The van der Waals surface area contributed by atoms with Crippen molar-refractivity contribution >= 4 is 5.82 Å². The zero-order chi connectivity index (χ0) is 16.5. The molecule has 0 bridgehead atoms. The zero-order valence-corrected chi connectivity index (χ0v) is 13.3. The number of rotatable bonds is 3. The first kappa shape index (κ1) is 14.7. The Balaban J connectivity index is 1.58. The molecular formula is C17H17N7. The van der Waals surface area contributed by atoms with Crippen molar-refractivity contribution in [3.63, 3.8) is 0 Å². The first-order valence-corrected chi connectivity index (χ1v) is 7.68. The van der Waals surface area contributed by atoms with E-state index in [4.69, 9.17) is 5.84 Å². The molecule has 120 valence electrons. The van der Waals surface area contributed by atoms with Gasteiger partial charge in [-0.3, -0.25) is 4.98 Å². The first-order chi connectivity index (χ1) is 11.7. The number of nitrogens with zero attached hydrogens (tertiary/aromatic N) is 6. The molecule has 3 aromatic rings. The number of hydrogen-bond acceptors (Lipinski definition) is 7. The van der Waals surface area contributed by atoms with Crippen LogP contribution >= 0.6 is 0 Å². The Hall–Kier alpha value is -2.90. The first-order valence-electron chi connectivity index (χ1n) is 7.68. The van der Waals surface area contributed by atoms with Crippen LogP contribution in [0.25, 0.3) is 11.5 Å². The van der Waals surface area contributed by atoms with E-state index in [1.54, 1.807) is 29.9 Å². The van der Waals surface area contributed by atoms with Crippen LogP contribution in [0.15, 0.2) is 49.1 Å². The van der Waals surface area contributed by atoms with Crippen molar-refractivity contribution in [1.82, 2.24) is 24.9 Å². The zero-order valence-electron chi connectivity index (χ0n) is 13.3. The predicted molar refractivity (Wildman–Crippen MR) is 90.2 cm³/mol. The van der Waals surface area contributed by atoms with Gasteiger partial charge in [-0.15, -0.1) is 0 Å². The molecule has 1 aromatic carbocycles. The van der Waals surface area contributed by atoms with Crippen LogP contribution in [0.1, 0.15) is 16.7 Å². The molecule has 2 N–H and O–H groups in total. The maximum atomic E-state index is 6.25. The maximum absolute atomic E-state index is 6.25. The number of hydrazine groups is 2. The number of aryl methyl sites for hydroxylation is 1. The van der Waals surface area contributed by atoms with Crippen LogP contribution in [-0.4, -0.2) is 24.9 Å². The predicted octanol–water partition coefficient (Wildman–Crippen LogP) is 1.85. The summed E-state index contributed by atoms with van der Waals surface area (Å²) in [6.45, 7) is 3.47. The average Bonchev–Trinajstić information content (AvgIpc) is 2.93. The number of benzene rings is 1. The van der Waals surface area contributed by atoms with Gasteiger partial charge in [-0.25, -0.2) is 25.9 Å². The molecule has 1 aliphatic heterocycles. The van der Waals surface area contributed by atoms with Crippen molar-refractivity contribution in [2.45, 2.75) is 20.0 Å². The smallest absolute Gasteiger partial charge is 0.181 e. The molecule has 2 aromatic heterocycles. The molecule has 7 heteroatoms. The highest BCUT2D eigenvalue weighted by Gasteiger charge is 2.27. The third kappa shape index (κ3) is 2.70. The SMILES string of the molecule is Cc1ccc(CN2Cc3cnc(-c4cnccn4)nc3N2N)cc1. The normalized spacial score (nSPS) is 14.0. The van der Waals surface area contributed by atoms with Crippen LogP contribution in [0.3, 0.4) is 0 Å². The Morgan fingerprint density at radius 1 is 1.08 bits per heavy atom. The molecule has 0 amide bonds. The van der Waals surface area contributed by atoms with E-state index in [0.29, 0.717) is 30.4 Å². The van der Waals surface area contributed by atoms with E-state index >= 15 is 0 Å². The minimum absolute atomic E-state index is 0.523. The van der Waals surface area contributed by atoms with Gasteiger partial charge < -0.3 is 0 Å². The van der Waals surface area contributed by atoms with Crippen LogP contribution in [0, 0.1) is 6.92 Å². The van der Waals surface area contributed by atoms with Crippen LogP contribution in [-0.2, 0) is 13.1 Å². The summed E-state index contributed by atoms with van der Waals surface area (Å²) in [6, 6.07) is 8.43. The summed E-state index contributed by atoms with van der Waals surface area (Å²) >= 11 is 0. The topological polar surface area (TPSA) is 84.1 Å². The molecule has 7 nitrogen and oxygen atoms in total. The average molecular weight is 319 g/mol. The summed E-state index contributed by atoms with van der Waals surface area (Å²) in [5, 5.41) is 3.63. The van der Waals surface area contributed by atoms with Crippen LogP contribution < -0.4 is 11.0 Å². The standard InChI is InChI=1S/C17H17N7/c1-12-2-4-13(5-3-12)10-23-11-14-8-21-16(22-17(14)24(23)18)15-9-19-6-7-20-15/h2-9H,10-11,18H2,1H3. The van der Waals surface area contributed by atoms with Gasteiger partial charge in [-0.2, -0.15) is 5.01 Å². The summed E-state index contributed by atoms with van der Waals surface area (Å²) < 4.78 is 0. The second-order valence-corrected chi connectivity index (χ2v) is 5.79. The fourth-order valence-electron chi connectivity index (χ4n) is 2.69. The maximum Gasteiger partial charge on any atom is 0.181 e. The lowest BCUT2D eigenvalue weighted by atomic mass is 10.1. The second kappa shape index (κ2) is 5.95. The third-order valence-electron chi connectivity index (χ3n) is 3.99. The van der Waals surface area contributed by atoms with Gasteiger partial charge in [0, 0.05) is 30.7 Å². The van der Waals surface area contributed by atoms with Crippen molar-refractivity contribution < 1.29 is 0 Å². The molecule has 3 heterocycles. The van der Waals surface area contributed by atoms with Crippen LogP contribution in [0.4, 0.5) is 5.82 Å².